The molecule has 4 aliphatic rings. The molecule has 18 rings (SSSR count). The predicted octanol–water partition coefficient (Wildman–Crippen LogP) is 22.8. The summed E-state index contributed by atoms with van der Waals surface area (Å²) in [5.41, 5.74) is 9.73. The maximum Gasteiger partial charge on any atom is 0.416 e. The number of ether oxygens (including phenoxy) is 1. The van der Waals surface area contributed by atoms with E-state index in [0.717, 1.165) is 58.5 Å². The molecule has 32 nitrogen and oxygen atoms in total. The monoisotopic (exact) mass is 1930 g/mol. The van der Waals surface area contributed by atoms with Crippen LogP contribution in [0.25, 0.3) is 33.4 Å². The Labute approximate surface area is 800 Å². The fourth-order valence-corrected chi connectivity index (χ4v) is 19.9. The van der Waals surface area contributed by atoms with E-state index in [1.54, 1.807) is 140 Å². The number of fused-ring (bicyclic) bond motifs is 12. The molecule has 3 aliphatic heterocycles. The first kappa shape index (κ1) is 95.8. The number of anilines is 17. The molecule has 0 saturated heterocycles. The van der Waals surface area contributed by atoms with Crippen molar-refractivity contribution in [3.63, 3.8) is 0 Å². The van der Waals surface area contributed by atoms with Crippen LogP contribution in [0.4, 0.5) is 125 Å². The number of hydrogen-bond acceptors (Lipinski definition) is 24. The van der Waals surface area contributed by atoms with E-state index in [9.17, 15) is 49.8 Å². The smallest absolute Gasteiger partial charge is 0.416 e. The van der Waals surface area contributed by atoms with Crippen molar-refractivity contribution in [2.45, 2.75) is 84.6 Å². The van der Waals surface area contributed by atoms with Gasteiger partial charge in [-0.05, 0) is 226 Å². The quantitative estimate of drug-likeness (QED) is 0.0427. The van der Waals surface area contributed by atoms with E-state index >= 15 is 0 Å². The van der Waals surface area contributed by atoms with Crippen LogP contribution >= 0.6 is 0 Å². The lowest BCUT2D eigenvalue weighted by molar-refractivity contribution is -0.137. The Morgan fingerprint density at radius 3 is 1.07 bits per heavy atom. The molecule has 38 heteroatoms. The number of benzene rings is 11. The lowest BCUT2D eigenvalue weighted by Crippen LogP contribution is -2.27. The first-order chi connectivity index (χ1) is 67.1. The summed E-state index contributed by atoms with van der Waals surface area (Å²) in [6, 6.07) is 76.3. The predicted molar refractivity (Wildman–Crippen MR) is 541 cm³/mol. The molecule has 0 spiro atoms. The molecule has 12 bridgehead atoms. The molecular formula is C101H98F3N23O9S3. The number of nitrogens with one attached hydrogen (secondary N) is 17. The van der Waals surface area contributed by atoms with Gasteiger partial charge in [0.2, 0.25) is 23.8 Å². The standard InChI is InChI=1S/C37H36N8O3S.C35H31F3N8O3S.C29H31N7O3S/c38-49(48)20-8-7-19-39-33-32(25-13-15-28(16-14-25)41-34(46)37(17-18-37)26-9-3-1-4-10-26)24-40-35(45-33)42-29-21-30(23-31(49)22-29)44-36(47)43-27-11-5-2-6-12-27;36-35(37,38)24-8-6-7-23(17-24)32(47)42-26-13-11-22(12-14-26)30-21-41-33-43-27-18-28(45-34(48)44-25-9-2-1-3-10-25)20-29(19-27)50(39,49)16-5-4-15-40-31(30)46-33;1-2-39-24-12-10-20(11-13-24)26-19-32-28-33-22-16-23(35-29(37)34-21-8-4-3-5-9-21)18-25(17-22)40(30,38)15-7-6-14-31-27(26)36-28/h1-6,9-16,21-24,38H,7-8,17-20H2,(H,41,46)(H2,43,44,47)(H2,39,40,42,45);1-3,6-14,17-21,39H,4-5,15-16H2,(H,42,47)(H2,44,45,48)(H2,40,41,43,46);3-5,8-13,16-19,30H,2,6-7,14-15H2,1H3,(H2,34,35,37)(H2,31,32,33,36). The van der Waals surface area contributed by atoms with Gasteiger partial charge in [-0.1, -0.05) is 127 Å². The fraction of sp³-hybridized carbons (Fsp3) is 0.178. The lowest BCUT2D eigenvalue weighted by Gasteiger charge is -2.16. The average Bonchev–Trinajstić information content (AvgIpc) is 1.60. The molecule has 710 valence electrons. The van der Waals surface area contributed by atoms with E-state index in [0.29, 0.717) is 178 Å². The second-order valence-electron chi connectivity index (χ2n) is 32.9. The number of urea groups is 3. The van der Waals surface area contributed by atoms with Crippen LogP contribution in [0, 0.1) is 14.3 Å². The summed E-state index contributed by atoms with van der Waals surface area (Å²) in [5, 5.41) is 41.9. The van der Waals surface area contributed by atoms with Gasteiger partial charge in [-0.3, -0.25) is 9.59 Å². The van der Waals surface area contributed by atoms with Gasteiger partial charge in [-0.25, -0.2) is 56.3 Å². The van der Waals surface area contributed by atoms with Gasteiger partial charge in [0.1, 0.15) is 23.2 Å². The van der Waals surface area contributed by atoms with Gasteiger partial charge in [0, 0.05) is 140 Å². The number of rotatable bonds is 16. The number of nitrogens with zero attached hydrogens (tertiary/aromatic N) is 6. The highest BCUT2D eigenvalue weighted by molar-refractivity contribution is 7.93. The zero-order valence-corrected chi connectivity index (χ0v) is 77.5. The molecule has 6 heterocycles. The van der Waals surface area contributed by atoms with E-state index in [2.05, 4.69) is 94.4 Å². The van der Waals surface area contributed by atoms with E-state index in [1.165, 1.54) is 18.2 Å². The van der Waals surface area contributed by atoms with Crippen molar-refractivity contribution in [3.05, 3.63) is 308 Å². The van der Waals surface area contributed by atoms with Crippen molar-refractivity contribution in [2.24, 2.45) is 0 Å². The summed E-state index contributed by atoms with van der Waals surface area (Å²) in [6.45, 7) is 4.16. The van der Waals surface area contributed by atoms with Crippen LogP contribution in [0.3, 0.4) is 0 Å². The SMILES string of the molecule is CCOc1ccc(-c2cnc3nc2NCCCCS(=N)(=O)c2cc(NC(=O)Nc4ccccc4)cc(c2)N3)cc1.N=S1(=O)CCCCNc2nc(ncc2-c2ccc(NC(=O)C3(c4ccccc4)CC3)cc2)Nc2cc(NC(=O)Nc3ccccc3)cc1c2.N=S1(=O)CCCCNc2nc(ncc2-c2ccc(NC(=O)c3cccc(C(F)(F)F)c3)cc2)Nc2cc(NC(=O)Nc3ccccc3)cc1c2. The van der Waals surface area contributed by atoms with Crippen LogP contribution in [-0.2, 0) is 45.6 Å². The zero-order chi connectivity index (χ0) is 97.1. The van der Waals surface area contributed by atoms with Crippen LogP contribution in [0.1, 0.15) is 79.8 Å². The molecule has 17 N–H and O–H groups in total. The van der Waals surface area contributed by atoms with E-state index in [-0.39, 0.29) is 39.6 Å². The molecule has 11 aromatic carbocycles. The fourth-order valence-electron chi connectivity index (χ4n) is 15.4. The van der Waals surface area contributed by atoms with Crippen LogP contribution in [0.2, 0.25) is 0 Å². The van der Waals surface area contributed by atoms with Crippen LogP contribution in [0.5, 0.6) is 5.75 Å². The summed E-state index contributed by atoms with van der Waals surface area (Å²) in [5.74, 6) is 3.16. The molecule has 1 fully saturated rings. The Balaban J connectivity index is 0.000000152. The van der Waals surface area contributed by atoms with Gasteiger partial charge < -0.3 is 79.2 Å². The van der Waals surface area contributed by atoms with Crippen molar-refractivity contribution in [1.82, 2.24) is 29.9 Å². The minimum absolute atomic E-state index is 0.000731. The zero-order valence-electron chi connectivity index (χ0n) is 75.0. The van der Waals surface area contributed by atoms with Crippen molar-refractivity contribution < 1.29 is 54.5 Å². The summed E-state index contributed by atoms with van der Waals surface area (Å²) in [7, 11) is -9.46. The highest BCUT2D eigenvalue weighted by Crippen LogP contribution is 2.49. The molecule has 139 heavy (non-hydrogen) atoms. The number of aromatic nitrogens is 6. The van der Waals surface area contributed by atoms with E-state index < -0.39 is 70.3 Å². The van der Waals surface area contributed by atoms with Crippen LogP contribution in [0.15, 0.2) is 306 Å². The van der Waals surface area contributed by atoms with E-state index in [1.807, 2.05) is 128 Å². The Hall–Kier alpha value is -16.4. The first-order valence-corrected chi connectivity index (χ1v) is 49.9. The number of halogens is 3. The first-order valence-electron chi connectivity index (χ1n) is 44.7. The molecule has 3 unspecified atom stereocenters. The molecule has 3 atom stereocenters. The second-order valence-corrected chi connectivity index (χ2v) is 39.6. The Kier molecular flexibility index (Phi) is 29.7. The molecule has 1 aliphatic carbocycles. The normalized spacial score (nSPS) is 16.8. The summed E-state index contributed by atoms with van der Waals surface area (Å²) in [4.78, 5) is 92.7. The molecule has 1 saturated carbocycles. The number of carbonyl (C=O) groups excluding carboxylic acids is 5. The average molecular weight is 1930 g/mol. The number of alkyl halides is 3. The number of hydrogen-bond donors (Lipinski definition) is 17. The van der Waals surface area contributed by atoms with Crippen molar-refractivity contribution in [3.8, 4) is 39.1 Å². The summed E-state index contributed by atoms with van der Waals surface area (Å²) in [6.07, 6.45) is 5.76. The van der Waals surface area contributed by atoms with Crippen molar-refractivity contribution in [2.75, 3.05) is 118 Å². The van der Waals surface area contributed by atoms with Gasteiger partial charge in [0.15, 0.2) is 0 Å². The molecular weight excluding hydrogens is 1830 g/mol. The van der Waals surface area contributed by atoms with Gasteiger partial charge in [-0.2, -0.15) is 28.1 Å². The summed E-state index contributed by atoms with van der Waals surface area (Å²) >= 11 is 0. The van der Waals surface area contributed by atoms with Crippen molar-refractivity contribution >= 4 is 157 Å². The Morgan fingerprint density at radius 2 is 0.719 bits per heavy atom. The highest BCUT2D eigenvalue weighted by Gasteiger charge is 2.51. The van der Waals surface area contributed by atoms with Crippen molar-refractivity contribution in [1.29, 1.82) is 14.3 Å². The third-order valence-electron chi connectivity index (χ3n) is 22.7. The van der Waals surface area contributed by atoms with Crippen LogP contribution < -0.4 is 79.2 Å². The van der Waals surface area contributed by atoms with Gasteiger partial charge in [0.05, 0.1) is 61.5 Å². The number of carbonyl (C=O) groups is 5. The minimum atomic E-state index is -4.57. The third kappa shape index (κ3) is 25.4. The molecule has 14 aromatic rings. The molecule has 3 aromatic heterocycles. The summed E-state index contributed by atoms with van der Waals surface area (Å²) < 4.78 is 111. The minimum Gasteiger partial charge on any atom is -0.494 e. The molecule has 0 radical (unpaired) electrons. The Morgan fingerprint density at radius 1 is 0.381 bits per heavy atom. The lowest BCUT2D eigenvalue weighted by atomic mass is 9.95. The van der Waals surface area contributed by atoms with Crippen LogP contribution in [-0.4, -0.2) is 116 Å². The van der Waals surface area contributed by atoms with Gasteiger partial charge >= 0.3 is 24.3 Å². The van der Waals surface area contributed by atoms with E-state index in [4.69, 9.17) is 29.0 Å². The number of amides is 8. The van der Waals surface area contributed by atoms with Gasteiger partial charge in [0.25, 0.3) is 5.91 Å². The van der Waals surface area contributed by atoms with Gasteiger partial charge in [-0.15, -0.1) is 0 Å². The third-order valence-corrected chi connectivity index (χ3v) is 28.2. The second kappa shape index (κ2) is 43.1. The topological polar surface area (TPSA) is 463 Å². The Bertz CT molecular complexity index is 7200. The number of para-hydroxylation sites is 3. The molecule has 8 amide bonds. The maximum absolute atomic E-state index is 13.5. The highest BCUT2D eigenvalue weighted by atomic mass is 32.2. The maximum atomic E-state index is 13.5. The largest absolute Gasteiger partial charge is 0.494 e.